The van der Waals surface area contributed by atoms with Gasteiger partial charge >= 0.3 is 0 Å². The van der Waals surface area contributed by atoms with Crippen molar-refractivity contribution in [1.82, 2.24) is 4.90 Å². The van der Waals surface area contributed by atoms with Crippen molar-refractivity contribution < 1.29 is 4.74 Å². The first-order valence-electron chi connectivity index (χ1n) is 8.32. The Bertz CT molecular complexity index is 636. The van der Waals surface area contributed by atoms with Crippen LogP contribution in [0.3, 0.4) is 0 Å². The molecule has 1 saturated heterocycles. The third-order valence-electron chi connectivity index (χ3n) is 4.15. The van der Waals surface area contributed by atoms with Gasteiger partial charge in [-0.3, -0.25) is 4.90 Å². The van der Waals surface area contributed by atoms with Gasteiger partial charge in [0.15, 0.2) is 0 Å². The first-order valence-corrected chi connectivity index (χ1v) is 8.32. The largest absolute Gasteiger partial charge is 0.364 e. The molecule has 1 atom stereocenters. The van der Waals surface area contributed by atoms with Gasteiger partial charge in [0.2, 0.25) is 0 Å². The molecule has 2 aromatic rings. The number of ether oxygens (including phenoxy) is 1. The van der Waals surface area contributed by atoms with Crippen molar-refractivity contribution in [2.24, 2.45) is 0 Å². The fourth-order valence-electron chi connectivity index (χ4n) is 2.95. The van der Waals surface area contributed by atoms with Crippen LogP contribution in [-0.2, 0) is 11.3 Å². The second-order valence-electron chi connectivity index (χ2n) is 5.86. The van der Waals surface area contributed by atoms with Crippen LogP contribution >= 0.6 is 0 Å². The zero-order valence-corrected chi connectivity index (χ0v) is 13.4. The molecule has 1 aliphatic heterocycles. The maximum absolute atomic E-state index is 5.68. The number of hydrogen-bond acceptors (Lipinski definition) is 2. The lowest BCUT2D eigenvalue weighted by Gasteiger charge is -2.23. The number of nitrogens with zero attached hydrogens (tertiary/aromatic N) is 1. The summed E-state index contributed by atoms with van der Waals surface area (Å²) in [6, 6.07) is 21.0. The van der Waals surface area contributed by atoms with E-state index in [0.717, 1.165) is 13.1 Å². The van der Waals surface area contributed by atoms with Gasteiger partial charge in [0, 0.05) is 0 Å². The van der Waals surface area contributed by atoms with Gasteiger partial charge in [0.25, 0.3) is 0 Å². The molecule has 0 spiro atoms. The number of benzene rings is 2. The van der Waals surface area contributed by atoms with E-state index in [4.69, 9.17) is 4.74 Å². The highest BCUT2D eigenvalue weighted by Gasteiger charge is 2.21. The number of hydrogen-bond donors (Lipinski definition) is 0. The van der Waals surface area contributed by atoms with Crippen LogP contribution in [0.4, 0.5) is 0 Å². The third kappa shape index (κ3) is 4.69. The normalized spacial score (nSPS) is 15.8. The van der Waals surface area contributed by atoms with Gasteiger partial charge in [-0.1, -0.05) is 72.5 Å². The minimum Gasteiger partial charge on any atom is -0.364 e. The Balaban J connectivity index is 1.58. The fraction of sp³-hybridized carbons (Fsp3) is 0.333. The van der Waals surface area contributed by atoms with Gasteiger partial charge < -0.3 is 4.74 Å². The molecule has 0 bridgehead atoms. The van der Waals surface area contributed by atoms with Crippen molar-refractivity contribution in [2.75, 3.05) is 19.7 Å². The number of likely N-dealkylation sites (tertiary alicyclic amines) is 1. The zero-order chi connectivity index (χ0) is 15.7. The third-order valence-corrected chi connectivity index (χ3v) is 4.15. The monoisotopic (exact) mass is 305 g/mol. The molecular formula is C21H23NO. The Labute approximate surface area is 139 Å². The van der Waals surface area contributed by atoms with Gasteiger partial charge in [0.05, 0.1) is 12.6 Å². The van der Waals surface area contributed by atoms with Gasteiger partial charge in [-0.15, -0.1) is 0 Å². The predicted octanol–water partition coefficient (Wildman–Crippen LogP) is 4.04. The quantitative estimate of drug-likeness (QED) is 0.610. The smallest absolute Gasteiger partial charge is 0.108 e. The van der Waals surface area contributed by atoms with Gasteiger partial charge in [-0.05, 0) is 37.1 Å². The van der Waals surface area contributed by atoms with Gasteiger partial charge in [-0.2, -0.15) is 0 Å². The van der Waals surface area contributed by atoms with E-state index >= 15 is 0 Å². The van der Waals surface area contributed by atoms with E-state index in [1.165, 1.54) is 24.0 Å². The summed E-state index contributed by atoms with van der Waals surface area (Å²) in [7, 11) is 0. The molecule has 2 heteroatoms. The van der Waals surface area contributed by atoms with E-state index in [9.17, 15) is 0 Å². The molecule has 2 aromatic carbocycles. The SMILES string of the molecule is C(#CC(c1ccccc1)N1CCCC1)COCc1ccccc1. The molecule has 1 aliphatic rings. The molecule has 1 heterocycles. The van der Waals surface area contributed by atoms with E-state index in [0.29, 0.717) is 13.2 Å². The lowest BCUT2D eigenvalue weighted by Crippen LogP contribution is -2.24. The molecule has 3 rings (SSSR count). The molecule has 0 N–H and O–H groups in total. The highest BCUT2D eigenvalue weighted by molar-refractivity contribution is 5.27. The maximum atomic E-state index is 5.68. The van der Waals surface area contributed by atoms with Crippen molar-refractivity contribution in [3.8, 4) is 11.8 Å². The second-order valence-corrected chi connectivity index (χ2v) is 5.86. The van der Waals surface area contributed by atoms with Crippen LogP contribution in [0.1, 0.15) is 30.0 Å². The molecule has 0 aliphatic carbocycles. The molecule has 0 radical (unpaired) electrons. The summed E-state index contributed by atoms with van der Waals surface area (Å²) in [4.78, 5) is 2.47. The average Bonchev–Trinajstić information content (AvgIpc) is 3.14. The molecular weight excluding hydrogens is 282 g/mol. The van der Waals surface area contributed by atoms with Crippen molar-refractivity contribution >= 4 is 0 Å². The molecule has 0 saturated carbocycles. The number of rotatable bonds is 5. The fourth-order valence-corrected chi connectivity index (χ4v) is 2.95. The summed E-state index contributed by atoms with van der Waals surface area (Å²) in [6.45, 7) is 3.37. The van der Waals surface area contributed by atoms with Crippen LogP contribution in [0, 0.1) is 11.8 Å². The molecule has 23 heavy (non-hydrogen) atoms. The summed E-state index contributed by atoms with van der Waals surface area (Å²) >= 11 is 0. The van der Waals surface area contributed by atoms with Crippen LogP contribution in [0.25, 0.3) is 0 Å². The molecule has 0 aromatic heterocycles. The standard InChI is InChI=1S/C21H23NO/c1-3-10-19(11-4-1)18-23-17-9-14-21(22-15-7-8-16-22)20-12-5-2-6-13-20/h1-6,10-13,21H,7-8,15-18H2. The Morgan fingerprint density at radius 3 is 2.26 bits per heavy atom. The predicted molar refractivity (Wildman–Crippen MR) is 93.9 cm³/mol. The Morgan fingerprint density at radius 1 is 0.913 bits per heavy atom. The average molecular weight is 305 g/mol. The minimum atomic E-state index is 0.194. The van der Waals surface area contributed by atoms with E-state index in [1.807, 2.05) is 18.2 Å². The minimum absolute atomic E-state index is 0.194. The highest BCUT2D eigenvalue weighted by Crippen LogP contribution is 2.24. The van der Waals surface area contributed by atoms with E-state index in [1.54, 1.807) is 0 Å². The second kappa shape index (κ2) is 8.53. The van der Waals surface area contributed by atoms with Crippen LogP contribution < -0.4 is 0 Å². The van der Waals surface area contributed by atoms with Crippen LogP contribution in [0.2, 0.25) is 0 Å². The van der Waals surface area contributed by atoms with E-state index < -0.39 is 0 Å². The summed E-state index contributed by atoms with van der Waals surface area (Å²) in [5.74, 6) is 6.63. The van der Waals surface area contributed by atoms with Crippen molar-refractivity contribution in [3.05, 3.63) is 71.8 Å². The van der Waals surface area contributed by atoms with E-state index in [-0.39, 0.29) is 6.04 Å². The summed E-state index contributed by atoms with van der Waals surface area (Å²) in [6.07, 6.45) is 2.55. The van der Waals surface area contributed by atoms with Gasteiger partial charge in [-0.25, -0.2) is 0 Å². The molecule has 1 fully saturated rings. The maximum Gasteiger partial charge on any atom is 0.108 e. The molecule has 0 amide bonds. The Morgan fingerprint density at radius 2 is 1.57 bits per heavy atom. The first-order chi connectivity index (χ1) is 11.4. The summed E-state index contributed by atoms with van der Waals surface area (Å²) in [5, 5.41) is 0. The zero-order valence-electron chi connectivity index (χ0n) is 13.4. The Kier molecular flexibility index (Phi) is 5.86. The Hall–Kier alpha value is -2.08. The van der Waals surface area contributed by atoms with Crippen LogP contribution in [0.15, 0.2) is 60.7 Å². The lowest BCUT2D eigenvalue weighted by atomic mass is 10.1. The van der Waals surface area contributed by atoms with Crippen molar-refractivity contribution in [2.45, 2.75) is 25.5 Å². The lowest BCUT2D eigenvalue weighted by molar-refractivity contribution is 0.153. The first kappa shape index (κ1) is 15.8. The highest BCUT2D eigenvalue weighted by atomic mass is 16.5. The molecule has 118 valence electrons. The van der Waals surface area contributed by atoms with Crippen molar-refractivity contribution in [3.63, 3.8) is 0 Å². The topological polar surface area (TPSA) is 12.5 Å². The van der Waals surface area contributed by atoms with E-state index in [2.05, 4.69) is 59.2 Å². The molecule has 1 unspecified atom stereocenters. The molecule has 2 nitrogen and oxygen atoms in total. The van der Waals surface area contributed by atoms with Crippen LogP contribution in [-0.4, -0.2) is 24.6 Å². The van der Waals surface area contributed by atoms with Crippen molar-refractivity contribution in [1.29, 1.82) is 0 Å². The summed E-state index contributed by atoms with van der Waals surface area (Å²) < 4.78 is 5.68. The van der Waals surface area contributed by atoms with Gasteiger partial charge in [0.1, 0.15) is 6.61 Å². The summed E-state index contributed by atoms with van der Waals surface area (Å²) in [5.41, 5.74) is 2.47. The van der Waals surface area contributed by atoms with Crippen LogP contribution in [0.5, 0.6) is 0 Å².